The second-order valence-corrected chi connectivity index (χ2v) is 3.39. The smallest absolute Gasteiger partial charge is 0.152 e. The molecule has 0 nitrogen and oxygen atoms in total. The highest BCUT2D eigenvalue weighted by Crippen LogP contribution is 2.29. The van der Waals surface area contributed by atoms with Crippen LogP contribution in [0, 0.1) is 11.2 Å². The molecule has 0 saturated carbocycles. The van der Waals surface area contributed by atoms with Crippen LogP contribution in [0.5, 0.6) is 0 Å². The molecular weight excluding hydrogens is 183 g/mol. The minimum atomic E-state index is -0.351. The van der Waals surface area contributed by atoms with Crippen molar-refractivity contribution in [2.75, 3.05) is 0 Å². The Balaban J connectivity index is 2.96. The van der Waals surface area contributed by atoms with Crippen LogP contribution in [-0.2, 0) is 0 Å². The fraction of sp³-hybridized carbons (Fsp3) is 0. The van der Waals surface area contributed by atoms with Gasteiger partial charge in [0, 0.05) is 10.1 Å². The standard InChI is InChI=1S/C8H3ClFS/c9-5-2-1-3-7-8(5)6(10)4-11-7/h1-3H. The molecule has 0 bridgehead atoms. The fourth-order valence-electron chi connectivity index (χ4n) is 0.953. The molecule has 0 aliphatic carbocycles. The van der Waals surface area contributed by atoms with E-state index in [1.807, 2.05) is 6.07 Å². The summed E-state index contributed by atoms with van der Waals surface area (Å²) in [4.78, 5) is 0. The van der Waals surface area contributed by atoms with Crippen LogP contribution in [0.2, 0.25) is 5.02 Å². The van der Waals surface area contributed by atoms with Crippen molar-refractivity contribution in [3.63, 3.8) is 0 Å². The first kappa shape index (κ1) is 7.07. The van der Waals surface area contributed by atoms with Crippen LogP contribution in [0.1, 0.15) is 0 Å². The zero-order valence-corrected chi connectivity index (χ0v) is 6.97. The summed E-state index contributed by atoms with van der Waals surface area (Å²) >= 11 is 6.99. The first-order chi connectivity index (χ1) is 5.29. The van der Waals surface area contributed by atoms with E-state index in [2.05, 4.69) is 5.38 Å². The fourth-order valence-corrected chi connectivity index (χ4v) is 2.02. The van der Waals surface area contributed by atoms with Crippen molar-refractivity contribution < 1.29 is 4.39 Å². The largest absolute Gasteiger partial charge is 0.205 e. The van der Waals surface area contributed by atoms with E-state index in [-0.39, 0.29) is 5.82 Å². The average molecular weight is 186 g/mol. The third-order valence-electron chi connectivity index (χ3n) is 1.45. The Morgan fingerprint density at radius 2 is 2.27 bits per heavy atom. The summed E-state index contributed by atoms with van der Waals surface area (Å²) < 4.78 is 13.7. The van der Waals surface area contributed by atoms with Gasteiger partial charge in [-0.15, -0.1) is 11.3 Å². The second-order valence-electron chi connectivity index (χ2n) is 2.13. The van der Waals surface area contributed by atoms with Gasteiger partial charge in [0.2, 0.25) is 0 Å². The monoisotopic (exact) mass is 185 g/mol. The van der Waals surface area contributed by atoms with Gasteiger partial charge in [0.1, 0.15) is 0 Å². The molecule has 1 heterocycles. The zero-order valence-electron chi connectivity index (χ0n) is 5.40. The maximum absolute atomic E-state index is 12.9. The lowest BCUT2D eigenvalue weighted by Crippen LogP contribution is -1.69. The highest BCUT2D eigenvalue weighted by atomic mass is 35.5. The van der Waals surface area contributed by atoms with Gasteiger partial charge in [-0.1, -0.05) is 17.7 Å². The van der Waals surface area contributed by atoms with Crippen LogP contribution in [-0.4, -0.2) is 0 Å². The lowest BCUT2D eigenvalue weighted by molar-refractivity contribution is 0.642. The summed E-state index contributed by atoms with van der Waals surface area (Å²) in [7, 11) is 0. The molecule has 0 aliphatic heterocycles. The van der Waals surface area contributed by atoms with E-state index < -0.39 is 0 Å². The van der Waals surface area contributed by atoms with Crippen LogP contribution in [0.4, 0.5) is 4.39 Å². The molecule has 0 atom stereocenters. The van der Waals surface area contributed by atoms with Gasteiger partial charge >= 0.3 is 0 Å². The van der Waals surface area contributed by atoms with E-state index in [1.54, 1.807) is 12.1 Å². The van der Waals surface area contributed by atoms with Crippen molar-refractivity contribution in [3.05, 3.63) is 34.4 Å². The normalized spacial score (nSPS) is 10.7. The lowest BCUT2D eigenvalue weighted by Gasteiger charge is -1.90. The molecule has 0 fully saturated rings. The van der Waals surface area contributed by atoms with Gasteiger partial charge in [0.25, 0.3) is 0 Å². The molecule has 1 aromatic carbocycles. The third kappa shape index (κ3) is 1.03. The average Bonchev–Trinajstić information content (AvgIpc) is 2.34. The summed E-state index contributed by atoms with van der Waals surface area (Å²) in [6.45, 7) is 0. The summed E-state index contributed by atoms with van der Waals surface area (Å²) in [6, 6.07) is 5.30. The number of rotatable bonds is 0. The van der Waals surface area contributed by atoms with Gasteiger partial charge in [-0.05, 0) is 12.1 Å². The topological polar surface area (TPSA) is 0 Å². The SMILES string of the molecule is Fc1[c]sc2cccc(Cl)c12. The molecule has 2 aromatic rings. The quantitative estimate of drug-likeness (QED) is 0.590. The highest BCUT2D eigenvalue weighted by molar-refractivity contribution is 7.16. The van der Waals surface area contributed by atoms with Crippen molar-refractivity contribution >= 4 is 33.0 Å². The number of hydrogen-bond donors (Lipinski definition) is 0. The van der Waals surface area contributed by atoms with E-state index in [9.17, 15) is 4.39 Å². The van der Waals surface area contributed by atoms with Crippen LogP contribution in [0.15, 0.2) is 18.2 Å². The van der Waals surface area contributed by atoms with Gasteiger partial charge in [0.05, 0.1) is 10.4 Å². The van der Waals surface area contributed by atoms with Gasteiger partial charge in [0.15, 0.2) is 5.82 Å². The lowest BCUT2D eigenvalue weighted by atomic mass is 10.2. The van der Waals surface area contributed by atoms with Crippen molar-refractivity contribution in [1.29, 1.82) is 0 Å². The van der Waals surface area contributed by atoms with Gasteiger partial charge in [-0.2, -0.15) is 0 Å². The molecule has 0 saturated heterocycles. The first-order valence-corrected chi connectivity index (χ1v) is 4.22. The Morgan fingerprint density at radius 1 is 1.45 bits per heavy atom. The zero-order chi connectivity index (χ0) is 7.84. The van der Waals surface area contributed by atoms with Gasteiger partial charge < -0.3 is 0 Å². The molecule has 11 heavy (non-hydrogen) atoms. The van der Waals surface area contributed by atoms with E-state index in [4.69, 9.17) is 11.6 Å². The van der Waals surface area contributed by atoms with Crippen LogP contribution in [0.25, 0.3) is 10.1 Å². The predicted molar refractivity (Wildman–Crippen MR) is 45.6 cm³/mol. The molecule has 0 unspecified atom stereocenters. The van der Waals surface area contributed by atoms with Crippen molar-refractivity contribution in [2.24, 2.45) is 0 Å². The summed E-state index contributed by atoms with van der Waals surface area (Å²) in [6.07, 6.45) is 0. The number of benzene rings is 1. The van der Waals surface area contributed by atoms with Crippen molar-refractivity contribution in [2.45, 2.75) is 0 Å². The Morgan fingerprint density at radius 3 is 3.00 bits per heavy atom. The molecular formula is C8H3ClFS. The molecule has 0 spiro atoms. The van der Waals surface area contributed by atoms with Crippen molar-refractivity contribution in [1.82, 2.24) is 0 Å². The maximum atomic E-state index is 12.9. The molecule has 55 valence electrons. The number of thiophene rings is 1. The summed E-state index contributed by atoms with van der Waals surface area (Å²) in [5, 5.41) is 3.45. The van der Waals surface area contributed by atoms with Gasteiger partial charge in [-0.3, -0.25) is 0 Å². The van der Waals surface area contributed by atoms with Crippen LogP contribution >= 0.6 is 22.9 Å². The molecule has 3 heteroatoms. The van der Waals surface area contributed by atoms with E-state index in [0.717, 1.165) is 4.70 Å². The molecule has 1 aromatic heterocycles. The number of halogens is 2. The molecule has 2 rings (SSSR count). The molecule has 0 amide bonds. The van der Waals surface area contributed by atoms with Crippen molar-refractivity contribution in [3.8, 4) is 0 Å². The first-order valence-electron chi connectivity index (χ1n) is 3.03. The predicted octanol–water partition coefficient (Wildman–Crippen LogP) is 3.49. The third-order valence-corrected chi connectivity index (χ3v) is 2.60. The van der Waals surface area contributed by atoms with E-state index in [0.29, 0.717) is 10.4 Å². The highest BCUT2D eigenvalue weighted by Gasteiger charge is 2.06. The minimum absolute atomic E-state index is 0.351. The molecule has 0 aliphatic rings. The Kier molecular flexibility index (Phi) is 1.59. The second kappa shape index (κ2) is 2.47. The summed E-state index contributed by atoms with van der Waals surface area (Å²) in [5.41, 5.74) is 0. The van der Waals surface area contributed by atoms with Crippen LogP contribution in [0.3, 0.4) is 0 Å². The molecule has 1 radical (unpaired) electrons. The number of fused-ring (bicyclic) bond motifs is 1. The Bertz CT molecular complexity index is 394. The van der Waals surface area contributed by atoms with E-state index >= 15 is 0 Å². The molecule has 0 N–H and O–H groups in total. The summed E-state index contributed by atoms with van der Waals surface area (Å²) in [5.74, 6) is -0.351. The Hall–Kier alpha value is -0.600. The number of hydrogen-bond acceptors (Lipinski definition) is 1. The van der Waals surface area contributed by atoms with E-state index in [1.165, 1.54) is 11.3 Å². The maximum Gasteiger partial charge on any atom is 0.152 e. The van der Waals surface area contributed by atoms with Gasteiger partial charge in [-0.25, -0.2) is 4.39 Å². The minimum Gasteiger partial charge on any atom is -0.205 e. The Labute approximate surface area is 72.2 Å². The van der Waals surface area contributed by atoms with Crippen LogP contribution < -0.4 is 0 Å².